The number of amides is 1. The normalized spacial score (nSPS) is 16.7. The maximum atomic E-state index is 14.2. The number of carbonyl (C=O) groups is 1. The average molecular weight is 468 g/mol. The summed E-state index contributed by atoms with van der Waals surface area (Å²) < 4.78 is 48.3. The van der Waals surface area contributed by atoms with Crippen LogP contribution in [0.15, 0.2) is 40.8 Å². The Bertz CT molecular complexity index is 1330. The largest absolute Gasteiger partial charge is 0.456 e. The number of furan rings is 1. The zero-order valence-corrected chi connectivity index (χ0v) is 18.7. The zero-order chi connectivity index (χ0) is 24.7. The molecule has 2 aromatic carbocycles. The molecule has 4 rings (SSSR count). The first-order valence-electron chi connectivity index (χ1n) is 11.0. The van der Waals surface area contributed by atoms with Crippen LogP contribution in [0.3, 0.4) is 0 Å². The number of hydrogen-bond acceptors (Lipinski definition) is 5. The Kier molecular flexibility index (Phi) is 6.01. The molecule has 176 valence electrons. The first-order valence-corrected chi connectivity index (χ1v) is 11.0. The van der Waals surface area contributed by atoms with Gasteiger partial charge in [0.15, 0.2) is 0 Å². The number of rotatable bonds is 7. The highest BCUT2D eigenvalue weighted by molar-refractivity contribution is 6.05. The third-order valence-electron chi connectivity index (χ3n) is 6.00. The van der Waals surface area contributed by atoms with Crippen molar-refractivity contribution in [3.8, 4) is 12.1 Å². The molecule has 0 radical (unpaired) electrons. The highest BCUT2D eigenvalue weighted by Gasteiger charge is 2.47. The topological polar surface area (TPSA) is 102 Å². The van der Waals surface area contributed by atoms with E-state index in [1.807, 2.05) is 26.0 Å². The van der Waals surface area contributed by atoms with Crippen molar-refractivity contribution in [2.75, 3.05) is 0 Å². The molecule has 34 heavy (non-hydrogen) atoms. The molecule has 6 nitrogen and oxygen atoms in total. The Balaban J connectivity index is 1.69. The molecular formula is C25H23F3N4O2. The fraction of sp³-hybridized carbons (Fsp3) is 0.400. The summed E-state index contributed by atoms with van der Waals surface area (Å²) >= 11 is 0. The lowest BCUT2D eigenvalue weighted by atomic mass is 9.98. The van der Waals surface area contributed by atoms with Crippen LogP contribution in [-0.4, -0.2) is 23.7 Å². The zero-order valence-electron chi connectivity index (χ0n) is 18.7. The Morgan fingerprint density at radius 2 is 1.85 bits per heavy atom. The molecule has 1 fully saturated rings. The number of hydrogen-bond donors (Lipinski definition) is 2. The number of halogens is 3. The second-order valence-electron chi connectivity index (χ2n) is 9.19. The van der Waals surface area contributed by atoms with Gasteiger partial charge < -0.3 is 9.73 Å². The van der Waals surface area contributed by atoms with Crippen molar-refractivity contribution in [1.82, 2.24) is 10.6 Å². The molecule has 0 unspecified atom stereocenters. The van der Waals surface area contributed by atoms with E-state index < -0.39 is 29.7 Å². The lowest BCUT2D eigenvalue weighted by Crippen LogP contribution is -2.52. The Morgan fingerprint density at radius 1 is 1.12 bits per heavy atom. The minimum absolute atomic E-state index is 0.0541. The molecule has 0 saturated heterocycles. The maximum Gasteiger partial charge on any atom is 0.407 e. The molecule has 9 heteroatoms. The summed E-state index contributed by atoms with van der Waals surface area (Å²) in [7, 11) is 0. The standard InChI is InChI=1S/C25H23F3N4O2/c1-14(2)9-19(23(33)32-24(13-30)7-8-24)31-22(25(26,27)28)16-4-5-17-18-10-15(12-29)3-6-20(18)34-21(17)11-16/h3-6,10-11,14,19,22,31H,7-9H2,1-2H3,(H,32,33)/t19-,22-/m0/s1. The lowest BCUT2D eigenvalue weighted by molar-refractivity contribution is -0.161. The molecule has 1 heterocycles. The summed E-state index contributed by atoms with van der Waals surface area (Å²) in [4.78, 5) is 12.8. The number of alkyl halides is 3. The van der Waals surface area contributed by atoms with E-state index >= 15 is 0 Å². The van der Waals surface area contributed by atoms with Crippen LogP contribution in [0.25, 0.3) is 21.9 Å². The molecule has 3 aromatic rings. The van der Waals surface area contributed by atoms with Crippen LogP contribution in [-0.2, 0) is 4.79 Å². The average Bonchev–Trinajstić information content (AvgIpc) is 3.46. The minimum atomic E-state index is -4.68. The van der Waals surface area contributed by atoms with Gasteiger partial charge in [-0.1, -0.05) is 26.0 Å². The third-order valence-corrected chi connectivity index (χ3v) is 6.00. The van der Waals surface area contributed by atoms with Crippen LogP contribution in [0.2, 0.25) is 0 Å². The van der Waals surface area contributed by atoms with Crippen molar-refractivity contribution in [3.63, 3.8) is 0 Å². The summed E-state index contributed by atoms with van der Waals surface area (Å²) in [6.07, 6.45) is -3.54. The Hall–Kier alpha value is -3.56. The molecule has 0 spiro atoms. The summed E-state index contributed by atoms with van der Waals surface area (Å²) in [5, 5.41) is 24.7. The van der Waals surface area contributed by atoms with Gasteiger partial charge in [0.1, 0.15) is 22.7 Å². The highest BCUT2D eigenvalue weighted by atomic mass is 19.4. The van der Waals surface area contributed by atoms with Gasteiger partial charge in [0.25, 0.3) is 0 Å². The third kappa shape index (κ3) is 4.71. The van der Waals surface area contributed by atoms with E-state index in [-0.39, 0.29) is 23.5 Å². The number of fused-ring (bicyclic) bond motifs is 3. The van der Waals surface area contributed by atoms with Crippen molar-refractivity contribution in [2.45, 2.75) is 56.9 Å². The monoisotopic (exact) mass is 468 g/mol. The molecular weight excluding hydrogens is 445 g/mol. The molecule has 0 bridgehead atoms. The second kappa shape index (κ2) is 8.66. The maximum absolute atomic E-state index is 14.2. The van der Waals surface area contributed by atoms with Crippen LogP contribution in [0, 0.1) is 28.6 Å². The molecule has 1 aromatic heterocycles. The number of nitriles is 2. The molecule has 1 aliphatic carbocycles. The first-order chi connectivity index (χ1) is 16.0. The molecule has 1 amide bonds. The van der Waals surface area contributed by atoms with Crippen molar-refractivity contribution < 1.29 is 22.4 Å². The van der Waals surface area contributed by atoms with Crippen LogP contribution < -0.4 is 10.6 Å². The van der Waals surface area contributed by atoms with Crippen molar-refractivity contribution >= 4 is 27.8 Å². The van der Waals surface area contributed by atoms with Crippen LogP contribution in [0.5, 0.6) is 0 Å². The van der Waals surface area contributed by atoms with E-state index in [2.05, 4.69) is 10.6 Å². The van der Waals surface area contributed by atoms with E-state index in [1.165, 1.54) is 18.2 Å². The van der Waals surface area contributed by atoms with Crippen molar-refractivity contribution in [3.05, 3.63) is 47.5 Å². The van der Waals surface area contributed by atoms with Gasteiger partial charge >= 0.3 is 6.18 Å². The lowest BCUT2D eigenvalue weighted by Gasteiger charge is -2.29. The number of carbonyl (C=O) groups excluding carboxylic acids is 1. The predicted molar refractivity (Wildman–Crippen MR) is 119 cm³/mol. The van der Waals surface area contributed by atoms with Gasteiger partial charge in [-0.15, -0.1) is 0 Å². The predicted octanol–water partition coefficient (Wildman–Crippen LogP) is 5.24. The highest BCUT2D eigenvalue weighted by Crippen LogP contribution is 2.38. The van der Waals surface area contributed by atoms with Gasteiger partial charge in [-0.3, -0.25) is 10.1 Å². The quantitative estimate of drug-likeness (QED) is 0.494. The minimum Gasteiger partial charge on any atom is -0.456 e. The van der Waals surface area contributed by atoms with Gasteiger partial charge in [-0.2, -0.15) is 23.7 Å². The first kappa shape index (κ1) is 23.6. The Labute approximate surface area is 194 Å². The summed E-state index contributed by atoms with van der Waals surface area (Å²) in [5.74, 6) is -0.669. The molecule has 0 aliphatic heterocycles. The summed E-state index contributed by atoms with van der Waals surface area (Å²) in [5.41, 5.74) is 0.0675. The molecule has 1 saturated carbocycles. The van der Waals surface area contributed by atoms with E-state index in [1.54, 1.807) is 18.2 Å². The summed E-state index contributed by atoms with van der Waals surface area (Å²) in [6, 6.07) is 9.83. The van der Waals surface area contributed by atoms with Crippen molar-refractivity contribution in [2.24, 2.45) is 5.92 Å². The fourth-order valence-corrected chi connectivity index (χ4v) is 4.06. The van der Waals surface area contributed by atoms with Crippen LogP contribution >= 0.6 is 0 Å². The Morgan fingerprint density at radius 3 is 2.44 bits per heavy atom. The van der Waals surface area contributed by atoms with Gasteiger partial charge in [0.2, 0.25) is 5.91 Å². The molecule has 2 atom stereocenters. The number of benzene rings is 2. The molecule has 2 N–H and O–H groups in total. The van der Waals surface area contributed by atoms with Gasteiger partial charge in [-0.25, -0.2) is 0 Å². The van der Waals surface area contributed by atoms with E-state index in [0.717, 1.165) is 0 Å². The number of nitrogens with one attached hydrogen (secondary N) is 2. The summed E-state index contributed by atoms with van der Waals surface area (Å²) in [6.45, 7) is 3.63. The van der Waals surface area contributed by atoms with Gasteiger partial charge in [-0.05, 0) is 55.0 Å². The van der Waals surface area contributed by atoms with E-state index in [0.29, 0.717) is 34.8 Å². The second-order valence-corrected chi connectivity index (χ2v) is 9.19. The van der Waals surface area contributed by atoms with Crippen LogP contribution in [0.1, 0.15) is 50.3 Å². The van der Waals surface area contributed by atoms with E-state index in [9.17, 15) is 23.2 Å². The molecule has 1 aliphatic rings. The smallest absolute Gasteiger partial charge is 0.407 e. The SMILES string of the molecule is CC(C)C[C@H](N[C@@H](c1ccc2c(c1)oc1ccc(C#N)cc12)C(F)(F)F)C(=O)NC1(C#N)CC1. The van der Waals surface area contributed by atoms with Crippen LogP contribution in [0.4, 0.5) is 13.2 Å². The fourth-order valence-electron chi connectivity index (χ4n) is 4.06. The van der Waals surface area contributed by atoms with Gasteiger partial charge in [0, 0.05) is 10.8 Å². The van der Waals surface area contributed by atoms with Gasteiger partial charge in [0.05, 0.1) is 23.7 Å². The van der Waals surface area contributed by atoms with Crippen molar-refractivity contribution in [1.29, 1.82) is 10.5 Å². The number of nitrogens with zero attached hydrogens (tertiary/aromatic N) is 2. The van der Waals surface area contributed by atoms with E-state index in [4.69, 9.17) is 9.68 Å².